The van der Waals surface area contributed by atoms with Gasteiger partial charge in [-0.2, -0.15) is 0 Å². The summed E-state index contributed by atoms with van der Waals surface area (Å²) >= 11 is 11.3. The monoisotopic (exact) mass is 436 g/mol. The molecule has 19 heavy (non-hydrogen) atoms. The molecule has 98 valence electrons. The van der Waals surface area contributed by atoms with Gasteiger partial charge in [-0.25, -0.2) is 0 Å². The van der Waals surface area contributed by atoms with E-state index in [1.165, 1.54) is 34.0 Å². The van der Waals surface area contributed by atoms with E-state index in [1.807, 2.05) is 24.3 Å². The minimum absolute atomic E-state index is 0.0427. The van der Waals surface area contributed by atoms with Crippen molar-refractivity contribution in [3.8, 4) is 31.0 Å². The van der Waals surface area contributed by atoms with E-state index in [2.05, 4.69) is 31.9 Å². The summed E-state index contributed by atoms with van der Waals surface area (Å²) in [7, 11) is 0. The fourth-order valence-corrected chi connectivity index (χ4v) is 5.70. The predicted octanol–water partition coefficient (Wildman–Crippen LogP) is 6.14. The molecule has 0 aliphatic heterocycles. The first-order valence-electron chi connectivity index (χ1n) is 5.12. The molecule has 0 atom stereocenters. The van der Waals surface area contributed by atoms with E-state index >= 15 is 0 Å². The highest BCUT2D eigenvalue weighted by atomic mass is 79.9. The van der Waals surface area contributed by atoms with Gasteiger partial charge < -0.3 is 10.2 Å². The molecule has 3 aromatic heterocycles. The van der Waals surface area contributed by atoms with Crippen LogP contribution >= 0.6 is 65.9 Å². The van der Waals surface area contributed by atoms with Crippen LogP contribution in [0, 0.1) is 0 Å². The molecular formula is C12H6Br2O2S3. The van der Waals surface area contributed by atoms with Gasteiger partial charge in [-0.05, 0) is 56.1 Å². The minimum atomic E-state index is -0.0427. The number of halogens is 2. The molecule has 0 spiro atoms. The average molecular weight is 438 g/mol. The van der Waals surface area contributed by atoms with Crippen LogP contribution in [0.4, 0.5) is 0 Å². The Kier molecular flexibility index (Phi) is 3.74. The highest BCUT2D eigenvalue weighted by molar-refractivity contribution is 9.11. The highest BCUT2D eigenvalue weighted by Crippen LogP contribution is 2.53. The number of thiophene rings is 3. The van der Waals surface area contributed by atoms with Gasteiger partial charge in [0.25, 0.3) is 0 Å². The second-order valence-corrected chi connectivity index (χ2v) is 9.61. The maximum absolute atomic E-state index is 10.1. The first kappa shape index (κ1) is 13.6. The lowest BCUT2D eigenvalue weighted by Gasteiger charge is -1.93. The number of aromatic hydroxyl groups is 2. The zero-order valence-electron chi connectivity index (χ0n) is 9.18. The van der Waals surface area contributed by atoms with E-state index < -0.39 is 0 Å². The Hall–Kier alpha value is -0.340. The third kappa shape index (κ3) is 2.50. The Balaban J connectivity index is 2.14. The number of rotatable bonds is 2. The quantitative estimate of drug-likeness (QED) is 0.505. The maximum Gasteiger partial charge on any atom is 0.178 e. The van der Waals surface area contributed by atoms with Crippen molar-refractivity contribution in [2.45, 2.75) is 0 Å². The first-order valence-corrected chi connectivity index (χ1v) is 9.16. The Morgan fingerprint density at radius 3 is 1.42 bits per heavy atom. The fourth-order valence-electron chi connectivity index (χ4n) is 1.62. The topological polar surface area (TPSA) is 40.5 Å². The van der Waals surface area contributed by atoms with Crippen LogP contribution in [-0.4, -0.2) is 10.2 Å². The average Bonchev–Trinajstić information content (AvgIpc) is 3.03. The smallest absolute Gasteiger partial charge is 0.178 e. The molecule has 0 amide bonds. The molecule has 0 bridgehead atoms. The summed E-state index contributed by atoms with van der Waals surface area (Å²) in [5, 5.41) is 20.2. The van der Waals surface area contributed by atoms with Crippen molar-refractivity contribution >= 4 is 65.9 Å². The van der Waals surface area contributed by atoms with Crippen LogP contribution in [0.15, 0.2) is 31.8 Å². The summed E-state index contributed by atoms with van der Waals surface area (Å²) in [6.07, 6.45) is 0. The van der Waals surface area contributed by atoms with Crippen LogP contribution in [0.25, 0.3) is 19.5 Å². The molecular weight excluding hydrogens is 432 g/mol. The van der Waals surface area contributed by atoms with E-state index in [1.54, 1.807) is 0 Å². The van der Waals surface area contributed by atoms with E-state index in [0.29, 0.717) is 9.75 Å². The molecule has 3 aromatic rings. The van der Waals surface area contributed by atoms with Crippen LogP contribution in [0.2, 0.25) is 0 Å². The lowest BCUT2D eigenvalue weighted by atomic mass is 10.3. The zero-order valence-corrected chi connectivity index (χ0v) is 14.8. The largest absolute Gasteiger partial charge is 0.503 e. The summed E-state index contributed by atoms with van der Waals surface area (Å²) in [4.78, 5) is 3.28. The van der Waals surface area contributed by atoms with Gasteiger partial charge >= 0.3 is 0 Å². The summed E-state index contributed by atoms with van der Waals surface area (Å²) in [6.45, 7) is 0. The second-order valence-electron chi connectivity index (χ2n) is 3.67. The summed E-state index contributed by atoms with van der Waals surface area (Å²) in [5.41, 5.74) is 0. The minimum Gasteiger partial charge on any atom is -0.503 e. The first-order chi connectivity index (χ1) is 9.06. The van der Waals surface area contributed by atoms with Gasteiger partial charge in [0.05, 0.1) is 17.3 Å². The van der Waals surface area contributed by atoms with E-state index in [4.69, 9.17) is 0 Å². The summed E-state index contributed by atoms with van der Waals surface area (Å²) in [6, 6.07) is 7.71. The molecule has 0 saturated carbocycles. The van der Waals surface area contributed by atoms with Crippen LogP contribution in [-0.2, 0) is 0 Å². The fraction of sp³-hybridized carbons (Fsp3) is 0. The van der Waals surface area contributed by atoms with Crippen LogP contribution in [0.5, 0.6) is 11.5 Å². The molecule has 0 saturated heterocycles. The predicted molar refractivity (Wildman–Crippen MR) is 89.7 cm³/mol. The van der Waals surface area contributed by atoms with Crippen molar-refractivity contribution in [3.05, 3.63) is 31.8 Å². The summed E-state index contributed by atoms with van der Waals surface area (Å²) in [5.74, 6) is -0.0854. The van der Waals surface area contributed by atoms with Crippen molar-refractivity contribution in [1.82, 2.24) is 0 Å². The van der Waals surface area contributed by atoms with Crippen molar-refractivity contribution in [2.24, 2.45) is 0 Å². The molecule has 2 nitrogen and oxygen atoms in total. The molecule has 2 N–H and O–H groups in total. The Morgan fingerprint density at radius 1 is 0.684 bits per heavy atom. The van der Waals surface area contributed by atoms with Crippen molar-refractivity contribution in [3.63, 3.8) is 0 Å². The van der Waals surface area contributed by atoms with E-state index in [-0.39, 0.29) is 11.5 Å². The molecule has 0 unspecified atom stereocenters. The van der Waals surface area contributed by atoms with Crippen LogP contribution in [0.1, 0.15) is 0 Å². The van der Waals surface area contributed by atoms with Crippen molar-refractivity contribution in [2.75, 3.05) is 0 Å². The number of hydrogen-bond acceptors (Lipinski definition) is 5. The molecule has 0 aliphatic rings. The zero-order chi connectivity index (χ0) is 13.6. The Bertz CT molecular complexity index is 681. The van der Waals surface area contributed by atoms with E-state index in [9.17, 15) is 10.2 Å². The van der Waals surface area contributed by atoms with Gasteiger partial charge in [-0.15, -0.1) is 34.0 Å². The standard InChI is InChI=1S/C12H6Br2O2S3/c13-7-3-1-5(17-7)11-9(15)10(16)12(19-11)6-2-4-8(14)18-6/h1-4,15-16H. The summed E-state index contributed by atoms with van der Waals surface area (Å²) < 4.78 is 1.99. The second kappa shape index (κ2) is 5.21. The van der Waals surface area contributed by atoms with Crippen molar-refractivity contribution in [1.29, 1.82) is 0 Å². The number of hydrogen-bond donors (Lipinski definition) is 2. The molecule has 0 aliphatic carbocycles. The van der Waals surface area contributed by atoms with Crippen LogP contribution in [0.3, 0.4) is 0 Å². The maximum atomic E-state index is 10.1. The Morgan fingerprint density at radius 2 is 1.11 bits per heavy atom. The molecule has 7 heteroatoms. The lowest BCUT2D eigenvalue weighted by Crippen LogP contribution is -1.65. The normalized spacial score (nSPS) is 11.1. The van der Waals surface area contributed by atoms with E-state index in [0.717, 1.165) is 17.3 Å². The lowest BCUT2D eigenvalue weighted by molar-refractivity contribution is 0.410. The van der Waals surface area contributed by atoms with Gasteiger partial charge in [-0.1, -0.05) is 0 Å². The third-order valence-corrected chi connectivity index (χ3v) is 7.23. The third-order valence-electron chi connectivity index (χ3n) is 2.45. The van der Waals surface area contributed by atoms with Gasteiger partial charge in [-0.3, -0.25) is 0 Å². The van der Waals surface area contributed by atoms with Gasteiger partial charge in [0.2, 0.25) is 0 Å². The molecule has 0 aromatic carbocycles. The Labute approximate surface area is 138 Å². The highest BCUT2D eigenvalue weighted by Gasteiger charge is 2.21. The van der Waals surface area contributed by atoms with Crippen molar-refractivity contribution < 1.29 is 10.2 Å². The molecule has 3 rings (SSSR count). The molecule has 0 radical (unpaired) electrons. The SMILES string of the molecule is Oc1c(-c2ccc(Br)s2)sc(-c2ccc(Br)s2)c1O. The van der Waals surface area contributed by atoms with Gasteiger partial charge in [0.1, 0.15) is 0 Å². The van der Waals surface area contributed by atoms with Gasteiger partial charge in [0.15, 0.2) is 11.5 Å². The van der Waals surface area contributed by atoms with Crippen LogP contribution < -0.4 is 0 Å². The molecule has 0 fully saturated rings. The van der Waals surface area contributed by atoms with Gasteiger partial charge in [0, 0.05) is 9.75 Å². The molecule has 3 heterocycles.